The molecule has 0 spiro atoms. The van der Waals surface area contributed by atoms with E-state index in [2.05, 4.69) is 5.32 Å². The Bertz CT molecular complexity index is 344. The lowest BCUT2D eigenvalue weighted by atomic mass is 9.79. The van der Waals surface area contributed by atoms with Gasteiger partial charge in [-0.2, -0.15) is 0 Å². The maximum atomic E-state index is 11.9. The molecule has 0 radical (unpaired) electrons. The maximum Gasteiger partial charge on any atom is 0.480 e. The van der Waals surface area contributed by atoms with E-state index in [1.807, 2.05) is 0 Å². The molecule has 0 bridgehead atoms. The van der Waals surface area contributed by atoms with Crippen molar-refractivity contribution in [1.29, 1.82) is 0 Å². The van der Waals surface area contributed by atoms with Gasteiger partial charge in [-0.1, -0.05) is 19.3 Å². The van der Waals surface area contributed by atoms with Crippen LogP contribution in [0, 0.1) is 5.92 Å². The van der Waals surface area contributed by atoms with Crippen LogP contribution in [0.5, 0.6) is 0 Å². The van der Waals surface area contributed by atoms with Crippen molar-refractivity contribution in [1.82, 2.24) is 5.32 Å². The van der Waals surface area contributed by atoms with Gasteiger partial charge in [0.25, 0.3) is 5.97 Å². The maximum absolute atomic E-state index is 11.9. The lowest BCUT2D eigenvalue weighted by Gasteiger charge is -2.23. The van der Waals surface area contributed by atoms with Crippen molar-refractivity contribution in [3.8, 4) is 0 Å². The first-order valence-electron chi connectivity index (χ1n) is 7.85. The Balaban J connectivity index is 0.000000541. The van der Waals surface area contributed by atoms with Crippen molar-refractivity contribution in [3.05, 3.63) is 0 Å². The van der Waals surface area contributed by atoms with Crippen molar-refractivity contribution < 1.29 is 29.1 Å². The minimum Gasteiger partial charge on any atom is -0.481 e. The quantitative estimate of drug-likeness (QED) is 0.659. The summed E-state index contributed by atoms with van der Waals surface area (Å²) in [6, 6.07) is 0. The van der Waals surface area contributed by atoms with E-state index in [-0.39, 0.29) is 5.91 Å². The van der Waals surface area contributed by atoms with Crippen LogP contribution in [0.3, 0.4) is 0 Å². The molecular formula is C14H26BNO6. The van der Waals surface area contributed by atoms with E-state index in [0.717, 1.165) is 19.8 Å². The SMILES string of the molecule is CC(=O)O.O=C(CC1CCCCC1)NC1COCCOB1O. The number of carbonyl (C=O) groups is 2. The largest absolute Gasteiger partial charge is 0.481 e. The lowest BCUT2D eigenvalue weighted by molar-refractivity contribution is -0.134. The van der Waals surface area contributed by atoms with Gasteiger partial charge in [-0.3, -0.25) is 9.59 Å². The van der Waals surface area contributed by atoms with Crippen molar-refractivity contribution >= 4 is 19.0 Å². The van der Waals surface area contributed by atoms with Crippen molar-refractivity contribution in [2.24, 2.45) is 5.92 Å². The summed E-state index contributed by atoms with van der Waals surface area (Å²) >= 11 is 0. The summed E-state index contributed by atoms with van der Waals surface area (Å²) in [6.45, 7) is 2.24. The minimum absolute atomic E-state index is 0.0000463. The number of nitrogens with one attached hydrogen (secondary N) is 1. The van der Waals surface area contributed by atoms with Crippen LogP contribution in [0.4, 0.5) is 0 Å². The van der Waals surface area contributed by atoms with Gasteiger partial charge < -0.3 is 24.8 Å². The number of hydrogen-bond donors (Lipinski definition) is 3. The van der Waals surface area contributed by atoms with Crippen molar-refractivity contribution in [3.63, 3.8) is 0 Å². The zero-order chi connectivity index (χ0) is 16.4. The highest BCUT2D eigenvalue weighted by Crippen LogP contribution is 2.26. The molecule has 2 rings (SSSR count). The van der Waals surface area contributed by atoms with E-state index < -0.39 is 19.0 Å². The minimum atomic E-state index is -0.956. The Morgan fingerprint density at radius 1 is 1.23 bits per heavy atom. The van der Waals surface area contributed by atoms with Gasteiger partial charge in [-0.25, -0.2) is 0 Å². The van der Waals surface area contributed by atoms with E-state index in [0.29, 0.717) is 32.2 Å². The summed E-state index contributed by atoms with van der Waals surface area (Å²) in [5, 5.41) is 19.9. The van der Waals surface area contributed by atoms with Crippen LogP contribution in [0.15, 0.2) is 0 Å². The van der Waals surface area contributed by atoms with Crippen molar-refractivity contribution in [2.75, 3.05) is 19.8 Å². The first-order chi connectivity index (χ1) is 10.5. The molecule has 8 heteroatoms. The standard InChI is InChI=1S/C12H22BNO4.C2H4O2/c15-12(8-10-4-2-1-3-5-10)14-11-9-17-6-7-18-13(11)16;1-2(3)4/h10-11,16H,1-9H2,(H,14,15);1H3,(H,3,4). The Kier molecular flexibility index (Phi) is 9.11. The van der Waals surface area contributed by atoms with Crippen molar-refractivity contribution in [2.45, 2.75) is 51.4 Å². The number of aliphatic carboxylic acids is 1. The summed E-state index contributed by atoms with van der Waals surface area (Å²) in [5.41, 5.74) is 0. The summed E-state index contributed by atoms with van der Waals surface area (Å²) in [5.74, 6) is -0.771. The molecule has 3 N–H and O–H groups in total. The Morgan fingerprint density at radius 2 is 1.86 bits per heavy atom. The van der Waals surface area contributed by atoms with Crippen LogP contribution in [0.1, 0.15) is 45.4 Å². The number of carbonyl (C=O) groups excluding carboxylic acids is 1. The number of carboxylic acid groups (broad SMARTS) is 1. The normalized spacial score (nSPS) is 23.0. The number of ether oxygens (including phenoxy) is 1. The zero-order valence-electron chi connectivity index (χ0n) is 13.1. The average molecular weight is 315 g/mol. The van der Waals surface area contributed by atoms with Gasteiger partial charge in [-0.15, -0.1) is 0 Å². The van der Waals surface area contributed by atoms with Crippen LogP contribution >= 0.6 is 0 Å². The molecule has 0 aromatic rings. The summed E-state index contributed by atoms with van der Waals surface area (Å²) in [7, 11) is -0.956. The fourth-order valence-electron chi connectivity index (χ4n) is 2.67. The molecule has 1 aliphatic carbocycles. The van der Waals surface area contributed by atoms with Gasteiger partial charge in [0.2, 0.25) is 5.91 Å². The molecule has 126 valence electrons. The van der Waals surface area contributed by atoms with Crippen LogP contribution in [-0.4, -0.2) is 54.9 Å². The first-order valence-corrected chi connectivity index (χ1v) is 7.85. The predicted molar refractivity (Wildman–Crippen MR) is 81.2 cm³/mol. The van der Waals surface area contributed by atoms with Gasteiger partial charge in [0, 0.05) is 13.3 Å². The van der Waals surface area contributed by atoms with Crippen LogP contribution in [0.2, 0.25) is 0 Å². The second-order valence-electron chi connectivity index (χ2n) is 5.74. The van der Waals surface area contributed by atoms with Crippen LogP contribution < -0.4 is 5.32 Å². The summed E-state index contributed by atoms with van der Waals surface area (Å²) in [4.78, 5) is 20.9. The molecule has 1 heterocycles. The Hall–Kier alpha value is -1.12. The topological polar surface area (TPSA) is 105 Å². The van der Waals surface area contributed by atoms with E-state index in [1.165, 1.54) is 19.3 Å². The molecule has 22 heavy (non-hydrogen) atoms. The highest BCUT2D eigenvalue weighted by molar-refractivity contribution is 6.45. The molecule has 2 fully saturated rings. The monoisotopic (exact) mass is 315 g/mol. The highest BCUT2D eigenvalue weighted by atomic mass is 16.6. The second kappa shape index (κ2) is 10.6. The van der Waals surface area contributed by atoms with E-state index >= 15 is 0 Å². The van der Waals surface area contributed by atoms with Gasteiger partial charge in [0.05, 0.1) is 25.8 Å². The number of hydrogen-bond acceptors (Lipinski definition) is 5. The van der Waals surface area contributed by atoms with Gasteiger partial charge >= 0.3 is 7.12 Å². The van der Waals surface area contributed by atoms with E-state index in [1.54, 1.807) is 0 Å². The van der Waals surface area contributed by atoms with Gasteiger partial charge in [0.1, 0.15) is 0 Å². The summed E-state index contributed by atoms with van der Waals surface area (Å²) < 4.78 is 10.4. The third-order valence-corrected chi connectivity index (χ3v) is 3.70. The molecular weight excluding hydrogens is 289 g/mol. The van der Waals surface area contributed by atoms with E-state index in [4.69, 9.17) is 19.3 Å². The fraction of sp³-hybridized carbons (Fsp3) is 0.857. The smallest absolute Gasteiger partial charge is 0.480 e. The first kappa shape index (κ1) is 18.9. The Morgan fingerprint density at radius 3 is 2.50 bits per heavy atom. The lowest BCUT2D eigenvalue weighted by Crippen LogP contribution is -2.49. The van der Waals surface area contributed by atoms with Gasteiger partial charge in [-0.05, 0) is 18.8 Å². The molecule has 1 unspecified atom stereocenters. The predicted octanol–water partition coefficient (Wildman–Crippen LogP) is 0.599. The molecule has 1 saturated carbocycles. The molecule has 7 nitrogen and oxygen atoms in total. The second-order valence-corrected chi connectivity index (χ2v) is 5.74. The third kappa shape index (κ3) is 8.36. The van der Waals surface area contributed by atoms with E-state index in [9.17, 15) is 9.82 Å². The molecule has 0 aromatic heterocycles. The number of amides is 1. The number of rotatable bonds is 3. The molecule has 0 aromatic carbocycles. The molecule has 1 saturated heterocycles. The molecule has 1 aliphatic heterocycles. The zero-order valence-corrected chi connectivity index (χ0v) is 13.1. The molecule has 1 amide bonds. The fourth-order valence-corrected chi connectivity index (χ4v) is 2.67. The molecule has 1 atom stereocenters. The average Bonchev–Trinajstić information content (AvgIpc) is 2.64. The highest BCUT2D eigenvalue weighted by Gasteiger charge is 2.31. The Labute approximate surface area is 131 Å². The van der Waals surface area contributed by atoms with Gasteiger partial charge in [0.15, 0.2) is 0 Å². The number of carboxylic acids is 1. The van der Waals surface area contributed by atoms with Crippen LogP contribution in [-0.2, 0) is 19.0 Å². The third-order valence-electron chi connectivity index (χ3n) is 3.70. The summed E-state index contributed by atoms with van der Waals surface area (Å²) in [6.07, 6.45) is 6.61. The molecule has 2 aliphatic rings. The van der Waals surface area contributed by atoms with Crippen LogP contribution in [0.25, 0.3) is 0 Å².